The van der Waals surface area contributed by atoms with Crippen LogP contribution in [-0.2, 0) is 6.54 Å². The van der Waals surface area contributed by atoms with Gasteiger partial charge in [-0.25, -0.2) is 0 Å². The second-order valence-corrected chi connectivity index (χ2v) is 6.82. The highest BCUT2D eigenvalue weighted by molar-refractivity contribution is 5.29. The average molecular weight is 288 g/mol. The van der Waals surface area contributed by atoms with Gasteiger partial charge in [0.05, 0.1) is 12.3 Å². The fourth-order valence-corrected chi connectivity index (χ4v) is 4.02. The Morgan fingerprint density at radius 1 is 1.29 bits per heavy atom. The summed E-state index contributed by atoms with van der Waals surface area (Å²) in [4.78, 5) is 4.65. The molecule has 2 aliphatic carbocycles. The first-order valence-electron chi connectivity index (χ1n) is 8.56. The Hall–Kier alpha value is -1.09. The highest BCUT2D eigenvalue weighted by Crippen LogP contribution is 2.48. The van der Waals surface area contributed by atoms with Crippen LogP contribution in [0.4, 0.5) is 0 Å². The fraction of sp³-hybridized carbons (Fsp3) is 0.722. The van der Waals surface area contributed by atoms with Gasteiger partial charge in [-0.3, -0.25) is 4.98 Å². The van der Waals surface area contributed by atoms with E-state index in [2.05, 4.69) is 29.4 Å². The fourth-order valence-electron chi connectivity index (χ4n) is 4.02. The lowest BCUT2D eigenvalue weighted by molar-refractivity contribution is 0.193. The Balaban J connectivity index is 1.58. The van der Waals surface area contributed by atoms with Crippen LogP contribution in [0.2, 0.25) is 0 Å². The van der Waals surface area contributed by atoms with E-state index in [9.17, 15) is 0 Å². The molecule has 0 aromatic carbocycles. The molecule has 3 nitrogen and oxygen atoms in total. The van der Waals surface area contributed by atoms with E-state index in [-0.39, 0.29) is 0 Å². The van der Waals surface area contributed by atoms with Gasteiger partial charge in [0.25, 0.3) is 0 Å². The van der Waals surface area contributed by atoms with Crippen molar-refractivity contribution in [2.24, 2.45) is 17.8 Å². The van der Waals surface area contributed by atoms with Crippen LogP contribution >= 0.6 is 0 Å². The predicted octanol–water partition coefficient (Wildman–Crippen LogP) is 3.70. The van der Waals surface area contributed by atoms with E-state index in [1.165, 1.54) is 25.7 Å². The third-order valence-corrected chi connectivity index (χ3v) is 5.13. The molecule has 116 valence electrons. The van der Waals surface area contributed by atoms with E-state index in [0.717, 1.165) is 61.0 Å². The summed E-state index contributed by atoms with van der Waals surface area (Å²) in [6.07, 6.45) is 6.86. The zero-order chi connectivity index (χ0) is 14.7. The summed E-state index contributed by atoms with van der Waals surface area (Å²) in [6.45, 7) is 6.95. The first kappa shape index (κ1) is 14.8. The predicted molar refractivity (Wildman–Crippen MR) is 85.4 cm³/mol. The Kier molecular flexibility index (Phi) is 4.79. The Morgan fingerprint density at radius 2 is 2.19 bits per heavy atom. The zero-order valence-electron chi connectivity index (χ0n) is 13.4. The molecular formula is C18H28N2O. The van der Waals surface area contributed by atoms with Crippen molar-refractivity contribution in [3.05, 3.63) is 23.5 Å². The van der Waals surface area contributed by atoms with Crippen molar-refractivity contribution in [1.82, 2.24) is 10.3 Å². The Morgan fingerprint density at radius 3 is 2.90 bits per heavy atom. The van der Waals surface area contributed by atoms with Crippen molar-refractivity contribution < 1.29 is 4.74 Å². The second kappa shape index (κ2) is 6.78. The van der Waals surface area contributed by atoms with Crippen LogP contribution in [0.1, 0.15) is 50.4 Å². The van der Waals surface area contributed by atoms with Gasteiger partial charge in [0.2, 0.25) is 0 Å². The van der Waals surface area contributed by atoms with Gasteiger partial charge in [-0.15, -0.1) is 0 Å². The molecule has 21 heavy (non-hydrogen) atoms. The molecule has 0 saturated heterocycles. The smallest absolute Gasteiger partial charge is 0.142 e. The summed E-state index contributed by atoms with van der Waals surface area (Å²) < 4.78 is 6.16. The maximum absolute atomic E-state index is 6.16. The van der Waals surface area contributed by atoms with Crippen LogP contribution < -0.4 is 10.1 Å². The van der Waals surface area contributed by atoms with Gasteiger partial charge >= 0.3 is 0 Å². The number of hydrogen-bond acceptors (Lipinski definition) is 3. The number of fused-ring (bicyclic) bond motifs is 2. The van der Waals surface area contributed by atoms with Crippen molar-refractivity contribution >= 4 is 0 Å². The molecule has 1 aromatic rings. The lowest BCUT2D eigenvalue weighted by atomic mass is 9.89. The molecule has 1 heterocycles. The van der Waals surface area contributed by atoms with Crippen molar-refractivity contribution in [3.63, 3.8) is 0 Å². The molecule has 2 fully saturated rings. The van der Waals surface area contributed by atoms with Crippen LogP contribution in [-0.4, -0.2) is 18.1 Å². The van der Waals surface area contributed by atoms with E-state index in [4.69, 9.17) is 4.74 Å². The molecule has 0 amide bonds. The molecule has 0 spiro atoms. The van der Waals surface area contributed by atoms with Gasteiger partial charge in [0.1, 0.15) is 5.75 Å². The highest BCUT2D eigenvalue weighted by Gasteiger charge is 2.39. The van der Waals surface area contributed by atoms with Crippen molar-refractivity contribution in [2.75, 3.05) is 13.2 Å². The summed E-state index contributed by atoms with van der Waals surface area (Å²) in [5.74, 6) is 3.67. The maximum Gasteiger partial charge on any atom is 0.142 e. The standard InChI is InChI=1S/C18H28N2O/c1-3-8-19-11-17-18(7-4-13(2)20-17)21-12-16-10-14-5-6-15(16)9-14/h4,7,14-16,19H,3,5-6,8-12H2,1-2H3. The molecule has 3 heteroatoms. The number of pyridine rings is 1. The monoisotopic (exact) mass is 288 g/mol. The van der Waals surface area contributed by atoms with Gasteiger partial charge in [-0.1, -0.05) is 13.3 Å². The summed E-state index contributed by atoms with van der Waals surface area (Å²) in [5.41, 5.74) is 2.13. The minimum atomic E-state index is 0.779. The van der Waals surface area contributed by atoms with Crippen LogP contribution in [0.5, 0.6) is 5.75 Å². The molecule has 3 unspecified atom stereocenters. The Bertz CT molecular complexity index is 474. The lowest BCUT2D eigenvalue weighted by Gasteiger charge is -2.22. The minimum Gasteiger partial charge on any atom is -0.491 e. The first-order valence-corrected chi connectivity index (χ1v) is 8.56. The van der Waals surface area contributed by atoms with Crippen molar-refractivity contribution in [2.45, 2.75) is 52.5 Å². The van der Waals surface area contributed by atoms with E-state index in [0.29, 0.717) is 0 Å². The van der Waals surface area contributed by atoms with E-state index in [1.54, 1.807) is 0 Å². The highest BCUT2D eigenvalue weighted by atomic mass is 16.5. The van der Waals surface area contributed by atoms with Crippen LogP contribution in [0.15, 0.2) is 12.1 Å². The lowest BCUT2D eigenvalue weighted by Crippen LogP contribution is -2.20. The third kappa shape index (κ3) is 3.57. The molecule has 3 rings (SSSR count). The van der Waals surface area contributed by atoms with Crippen molar-refractivity contribution in [3.8, 4) is 5.75 Å². The topological polar surface area (TPSA) is 34.2 Å². The first-order chi connectivity index (χ1) is 10.3. The number of rotatable bonds is 7. The zero-order valence-corrected chi connectivity index (χ0v) is 13.4. The number of nitrogens with zero attached hydrogens (tertiary/aromatic N) is 1. The SMILES string of the molecule is CCCNCc1nc(C)ccc1OCC1CC2CCC1C2. The van der Waals surface area contributed by atoms with Gasteiger partial charge < -0.3 is 10.1 Å². The summed E-state index contributed by atoms with van der Waals surface area (Å²) in [6, 6.07) is 4.15. The third-order valence-electron chi connectivity index (χ3n) is 5.13. The average Bonchev–Trinajstić information content (AvgIpc) is 3.09. The molecule has 2 bridgehead atoms. The number of ether oxygens (including phenoxy) is 1. The molecule has 1 N–H and O–H groups in total. The van der Waals surface area contributed by atoms with Gasteiger partial charge in [0, 0.05) is 12.2 Å². The number of aromatic nitrogens is 1. The molecular weight excluding hydrogens is 260 g/mol. The van der Waals surface area contributed by atoms with Crippen LogP contribution in [0, 0.1) is 24.7 Å². The van der Waals surface area contributed by atoms with E-state index >= 15 is 0 Å². The van der Waals surface area contributed by atoms with Crippen LogP contribution in [0.3, 0.4) is 0 Å². The van der Waals surface area contributed by atoms with Gasteiger partial charge in [0.15, 0.2) is 0 Å². The molecule has 2 saturated carbocycles. The van der Waals surface area contributed by atoms with Gasteiger partial charge in [-0.05, 0) is 69.0 Å². The van der Waals surface area contributed by atoms with E-state index < -0.39 is 0 Å². The largest absolute Gasteiger partial charge is 0.491 e. The Labute approximate surface area is 128 Å². The summed E-state index contributed by atoms with van der Waals surface area (Å²) in [7, 11) is 0. The summed E-state index contributed by atoms with van der Waals surface area (Å²) >= 11 is 0. The second-order valence-electron chi connectivity index (χ2n) is 6.82. The van der Waals surface area contributed by atoms with Crippen molar-refractivity contribution in [1.29, 1.82) is 0 Å². The molecule has 1 aromatic heterocycles. The maximum atomic E-state index is 6.16. The molecule has 3 atom stereocenters. The number of hydrogen-bond donors (Lipinski definition) is 1. The van der Waals surface area contributed by atoms with Gasteiger partial charge in [-0.2, -0.15) is 0 Å². The molecule has 2 aliphatic rings. The van der Waals surface area contributed by atoms with Crippen LogP contribution in [0.25, 0.3) is 0 Å². The number of nitrogens with one attached hydrogen (secondary N) is 1. The quantitative estimate of drug-likeness (QED) is 0.777. The normalized spacial score (nSPS) is 27.2. The van der Waals surface area contributed by atoms with E-state index in [1.807, 2.05) is 6.92 Å². The number of aryl methyl sites for hydroxylation is 1. The minimum absolute atomic E-state index is 0.779. The summed E-state index contributed by atoms with van der Waals surface area (Å²) in [5, 5.41) is 3.43. The molecule has 0 radical (unpaired) electrons. The molecule has 0 aliphatic heterocycles.